The second-order valence-electron chi connectivity index (χ2n) is 10.6. The number of alkyl halides is 3. The van der Waals surface area contributed by atoms with Crippen molar-refractivity contribution in [3.8, 4) is 0 Å². The van der Waals surface area contributed by atoms with E-state index in [2.05, 4.69) is 35.4 Å². The number of halogens is 3. The predicted octanol–water partition coefficient (Wildman–Crippen LogP) is 5.00. The van der Waals surface area contributed by atoms with Crippen LogP contribution in [0.1, 0.15) is 40.7 Å². The van der Waals surface area contributed by atoms with Crippen LogP contribution in [0, 0.1) is 6.92 Å². The van der Waals surface area contributed by atoms with Gasteiger partial charge in [0.1, 0.15) is 17.4 Å². The van der Waals surface area contributed by atoms with Crippen molar-refractivity contribution in [3.63, 3.8) is 0 Å². The lowest BCUT2D eigenvalue weighted by Crippen LogP contribution is -2.33. The molecule has 10 nitrogen and oxygen atoms in total. The summed E-state index contributed by atoms with van der Waals surface area (Å²) in [5.74, 6) is 0.597. The number of carbonyl (C=O) groups excluding carboxylic acids is 1. The van der Waals surface area contributed by atoms with Gasteiger partial charge in [-0.15, -0.1) is 0 Å². The standard InChI is InChI=1S/C29H30F3N9O/c1-17-6-7-18(27(42)36-20-5-2-4-19(15-20)29(30,31)32)14-22(17)37-26-24-23(34-16-35-26)25(33)39-28(38-24)41-11-3-10-40(12-13-41)21-8-9-21/h2,4-7,14-16,21H,3,8-13H2,1H3,(H,36,42)(H2,33,38,39)(H,34,35,37). The maximum Gasteiger partial charge on any atom is 0.416 e. The lowest BCUT2D eigenvalue weighted by atomic mass is 10.1. The van der Waals surface area contributed by atoms with Crippen molar-refractivity contribution in [2.75, 3.05) is 47.4 Å². The van der Waals surface area contributed by atoms with Gasteiger partial charge in [-0.3, -0.25) is 9.69 Å². The molecule has 1 saturated carbocycles. The number of nitrogens with one attached hydrogen (secondary N) is 2. The topological polar surface area (TPSA) is 125 Å². The van der Waals surface area contributed by atoms with Gasteiger partial charge < -0.3 is 21.3 Å². The van der Waals surface area contributed by atoms with E-state index < -0.39 is 17.6 Å². The first-order valence-corrected chi connectivity index (χ1v) is 13.8. The molecule has 2 aromatic carbocycles. The van der Waals surface area contributed by atoms with Crippen LogP contribution in [0.5, 0.6) is 0 Å². The maximum absolute atomic E-state index is 13.1. The molecule has 0 unspecified atom stereocenters. The highest BCUT2D eigenvalue weighted by atomic mass is 19.4. The third-order valence-electron chi connectivity index (χ3n) is 7.57. The average Bonchev–Trinajstić information content (AvgIpc) is 3.81. The lowest BCUT2D eigenvalue weighted by Gasteiger charge is -2.22. The van der Waals surface area contributed by atoms with E-state index in [0.29, 0.717) is 34.5 Å². The minimum Gasteiger partial charge on any atom is -0.382 e. The van der Waals surface area contributed by atoms with Crippen LogP contribution in [0.4, 0.5) is 42.1 Å². The summed E-state index contributed by atoms with van der Waals surface area (Å²) in [6.45, 7) is 5.46. The molecule has 1 saturated heterocycles. The van der Waals surface area contributed by atoms with Gasteiger partial charge in [0.05, 0.1) is 5.56 Å². The smallest absolute Gasteiger partial charge is 0.382 e. The zero-order valence-electron chi connectivity index (χ0n) is 22.9. The Bertz CT molecular complexity index is 1640. The molecule has 0 spiro atoms. The van der Waals surface area contributed by atoms with Crippen LogP contribution in [0.15, 0.2) is 48.8 Å². The van der Waals surface area contributed by atoms with Crippen molar-refractivity contribution in [3.05, 3.63) is 65.5 Å². The molecule has 6 rings (SSSR count). The van der Waals surface area contributed by atoms with Gasteiger partial charge in [-0.1, -0.05) is 12.1 Å². The van der Waals surface area contributed by atoms with E-state index in [1.165, 1.54) is 31.3 Å². The molecule has 13 heteroatoms. The van der Waals surface area contributed by atoms with E-state index in [1.807, 2.05) is 6.92 Å². The molecular formula is C29H30F3N9O. The number of hydrogen-bond acceptors (Lipinski definition) is 9. The Hall–Kier alpha value is -4.52. The number of aryl methyl sites for hydroxylation is 1. The number of rotatable bonds is 6. The summed E-state index contributed by atoms with van der Waals surface area (Å²) < 4.78 is 39.3. The van der Waals surface area contributed by atoms with Crippen molar-refractivity contribution in [1.82, 2.24) is 24.8 Å². The maximum atomic E-state index is 13.1. The van der Waals surface area contributed by atoms with E-state index in [1.54, 1.807) is 18.2 Å². The number of amides is 1. The van der Waals surface area contributed by atoms with E-state index in [0.717, 1.165) is 50.3 Å². The molecule has 0 radical (unpaired) electrons. The lowest BCUT2D eigenvalue weighted by molar-refractivity contribution is -0.137. The molecule has 2 aromatic heterocycles. The highest BCUT2D eigenvalue weighted by Gasteiger charge is 2.31. The van der Waals surface area contributed by atoms with Gasteiger partial charge in [0.25, 0.3) is 5.91 Å². The first kappa shape index (κ1) is 27.6. The Morgan fingerprint density at radius 3 is 2.62 bits per heavy atom. The zero-order valence-corrected chi connectivity index (χ0v) is 22.9. The molecule has 2 fully saturated rings. The Morgan fingerprint density at radius 2 is 1.83 bits per heavy atom. The Morgan fingerprint density at radius 1 is 1.00 bits per heavy atom. The minimum absolute atomic E-state index is 0.0418. The predicted molar refractivity (Wildman–Crippen MR) is 155 cm³/mol. The number of hydrogen-bond donors (Lipinski definition) is 3. The van der Waals surface area contributed by atoms with Crippen molar-refractivity contribution >= 4 is 45.9 Å². The van der Waals surface area contributed by atoms with Gasteiger partial charge in [-0.05, 0) is 62.1 Å². The van der Waals surface area contributed by atoms with E-state index in [9.17, 15) is 18.0 Å². The molecular weight excluding hydrogens is 547 g/mol. The van der Waals surface area contributed by atoms with Crippen LogP contribution in [0.3, 0.4) is 0 Å². The third-order valence-corrected chi connectivity index (χ3v) is 7.57. The van der Waals surface area contributed by atoms with Gasteiger partial charge >= 0.3 is 6.18 Å². The summed E-state index contributed by atoms with van der Waals surface area (Å²) in [5.41, 5.74) is 8.00. The monoisotopic (exact) mass is 577 g/mol. The van der Waals surface area contributed by atoms with Crippen LogP contribution >= 0.6 is 0 Å². The van der Waals surface area contributed by atoms with Crippen molar-refractivity contribution in [2.45, 2.75) is 38.4 Å². The van der Waals surface area contributed by atoms with Gasteiger partial charge in [-0.25, -0.2) is 15.0 Å². The fourth-order valence-electron chi connectivity index (χ4n) is 5.13. The summed E-state index contributed by atoms with van der Waals surface area (Å²) in [6, 6.07) is 10.1. The average molecular weight is 578 g/mol. The number of fused-ring (bicyclic) bond motifs is 1. The molecule has 3 heterocycles. The van der Waals surface area contributed by atoms with E-state index in [4.69, 9.17) is 10.7 Å². The molecule has 42 heavy (non-hydrogen) atoms. The second kappa shape index (κ2) is 11.0. The molecule has 0 atom stereocenters. The summed E-state index contributed by atoms with van der Waals surface area (Å²) in [4.78, 5) is 35.7. The summed E-state index contributed by atoms with van der Waals surface area (Å²) in [6.07, 6.45) is 0.378. The molecule has 4 N–H and O–H groups in total. The Balaban J connectivity index is 1.25. The molecule has 2 aliphatic rings. The third kappa shape index (κ3) is 5.91. The number of carbonyl (C=O) groups is 1. The van der Waals surface area contributed by atoms with Crippen molar-refractivity contribution < 1.29 is 18.0 Å². The van der Waals surface area contributed by atoms with E-state index in [-0.39, 0.29) is 17.1 Å². The molecule has 4 aromatic rings. The quantitative estimate of drug-likeness (QED) is 0.290. The number of nitrogen functional groups attached to an aromatic ring is 1. The van der Waals surface area contributed by atoms with E-state index >= 15 is 0 Å². The van der Waals surface area contributed by atoms with Crippen LogP contribution in [0.25, 0.3) is 11.0 Å². The molecule has 1 aliphatic carbocycles. The number of aromatic nitrogens is 4. The summed E-state index contributed by atoms with van der Waals surface area (Å²) >= 11 is 0. The van der Waals surface area contributed by atoms with Crippen LogP contribution in [-0.2, 0) is 6.18 Å². The molecule has 1 aliphatic heterocycles. The minimum atomic E-state index is -4.51. The SMILES string of the molecule is Cc1ccc(C(=O)Nc2cccc(C(F)(F)F)c2)cc1Nc1ncnc2c(N)nc(N3CCCN(C4CC4)CC3)nc12. The fourth-order valence-corrected chi connectivity index (χ4v) is 5.13. The Kier molecular flexibility index (Phi) is 7.27. The van der Waals surface area contributed by atoms with Crippen LogP contribution < -0.4 is 21.3 Å². The number of nitrogens with two attached hydrogens (primary N) is 1. The molecule has 1 amide bonds. The summed E-state index contributed by atoms with van der Waals surface area (Å²) in [5, 5.41) is 5.79. The van der Waals surface area contributed by atoms with Crippen LogP contribution in [0.2, 0.25) is 0 Å². The molecule has 0 bridgehead atoms. The van der Waals surface area contributed by atoms with Crippen molar-refractivity contribution in [2.24, 2.45) is 0 Å². The van der Waals surface area contributed by atoms with Gasteiger partial charge in [0.2, 0.25) is 5.95 Å². The zero-order chi connectivity index (χ0) is 29.4. The normalized spacial score (nSPS) is 16.3. The summed E-state index contributed by atoms with van der Waals surface area (Å²) in [7, 11) is 0. The number of benzene rings is 2. The first-order valence-electron chi connectivity index (χ1n) is 13.8. The van der Waals surface area contributed by atoms with Gasteiger partial charge in [-0.2, -0.15) is 18.2 Å². The van der Waals surface area contributed by atoms with Crippen LogP contribution in [-0.4, -0.2) is 63.0 Å². The fraction of sp³-hybridized carbons (Fsp3) is 0.345. The van der Waals surface area contributed by atoms with Crippen molar-refractivity contribution in [1.29, 1.82) is 0 Å². The highest BCUT2D eigenvalue weighted by molar-refractivity contribution is 6.05. The Labute approximate surface area is 240 Å². The largest absolute Gasteiger partial charge is 0.416 e. The van der Waals surface area contributed by atoms with Gasteiger partial charge in [0, 0.05) is 49.2 Å². The number of nitrogens with zero attached hydrogens (tertiary/aromatic N) is 6. The molecule has 218 valence electrons. The first-order chi connectivity index (χ1) is 20.2. The number of anilines is 5. The van der Waals surface area contributed by atoms with Gasteiger partial charge in [0.15, 0.2) is 11.6 Å². The highest BCUT2D eigenvalue weighted by Crippen LogP contribution is 2.32. The second-order valence-corrected chi connectivity index (χ2v) is 10.6.